The minimum Gasteiger partial charge on any atom is -0.493 e. The van der Waals surface area contributed by atoms with E-state index < -0.39 is 11.7 Å². The Morgan fingerprint density at radius 1 is 0.800 bits per heavy atom. The predicted octanol–water partition coefficient (Wildman–Crippen LogP) is 6.90. The number of nitrogens with zero attached hydrogens (tertiary/aromatic N) is 3. The fourth-order valence-electron chi connectivity index (χ4n) is 3.08. The van der Waals surface area contributed by atoms with E-state index in [0.29, 0.717) is 16.9 Å². The van der Waals surface area contributed by atoms with Gasteiger partial charge in [-0.25, -0.2) is 0 Å². The molecule has 152 valence electrons. The molecular formula is C23H18F3N3O. The molecule has 0 bridgehead atoms. The lowest BCUT2D eigenvalue weighted by atomic mass is 9.89. The van der Waals surface area contributed by atoms with Crippen LogP contribution in [0.25, 0.3) is 21.6 Å². The van der Waals surface area contributed by atoms with Gasteiger partial charge in [0.25, 0.3) is 0 Å². The molecule has 0 atom stereocenters. The summed E-state index contributed by atoms with van der Waals surface area (Å²) in [5, 5.41) is 3.38. The van der Waals surface area contributed by atoms with Gasteiger partial charge in [0, 0.05) is 10.5 Å². The molecule has 0 unspecified atom stereocenters. The zero-order valence-electron chi connectivity index (χ0n) is 15.9. The van der Waals surface area contributed by atoms with E-state index in [-0.39, 0.29) is 24.3 Å². The van der Waals surface area contributed by atoms with Crippen molar-refractivity contribution in [2.24, 2.45) is 5.11 Å². The van der Waals surface area contributed by atoms with Crippen LogP contribution in [0.2, 0.25) is 0 Å². The van der Waals surface area contributed by atoms with Gasteiger partial charge in [-0.15, -0.1) is 0 Å². The molecule has 7 heteroatoms. The third-order valence-corrected chi connectivity index (χ3v) is 4.32. The van der Waals surface area contributed by atoms with E-state index in [1.807, 2.05) is 0 Å². The molecule has 0 aliphatic rings. The van der Waals surface area contributed by atoms with Gasteiger partial charge in [0.1, 0.15) is 5.75 Å². The molecule has 0 spiro atoms. The number of ether oxygens (including phenoxy) is 1. The number of alkyl halides is 3. The van der Waals surface area contributed by atoms with Gasteiger partial charge in [-0.05, 0) is 34.4 Å². The number of benzene rings is 3. The van der Waals surface area contributed by atoms with Crippen LogP contribution in [0, 0.1) is 0 Å². The van der Waals surface area contributed by atoms with E-state index in [1.54, 1.807) is 72.8 Å². The molecule has 0 N–H and O–H groups in total. The van der Waals surface area contributed by atoms with Crippen LogP contribution in [-0.4, -0.2) is 19.3 Å². The Morgan fingerprint density at radius 3 is 1.87 bits per heavy atom. The van der Waals surface area contributed by atoms with Crippen LogP contribution < -0.4 is 4.74 Å². The third kappa shape index (κ3) is 5.21. The predicted molar refractivity (Wildman–Crippen MR) is 111 cm³/mol. The first-order valence-corrected chi connectivity index (χ1v) is 9.17. The van der Waals surface area contributed by atoms with Crippen LogP contribution in [0.4, 0.5) is 13.2 Å². The van der Waals surface area contributed by atoms with E-state index in [9.17, 15) is 13.2 Å². The Balaban J connectivity index is 2.12. The van der Waals surface area contributed by atoms with Crippen molar-refractivity contribution in [2.45, 2.75) is 6.18 Å². The summed E-state index contributed by atoms with van der Waals surface area (Å²) in [5.41, 5.74) is 8.65. The van der Waals surface area contributed by atoms with Crippen molar-refractivity contribution in [3.63, 3.8) is 0 Å². The van der Waals surface area contributed by atoms with Gasteiger partial charge in [0.05, 0.1) is 18.7 Å². The average molecular weight is 409 g/mol. The van der Waals surface area contributed by atoms with Gasteiger partial charge in [-0.3, -0.25) is 0 Å². The highest BCUT2D eigenvalue weighted by atomic mass is 19.4. The van der Waals surface area contributed by atoms with Gasteiger partial charge in [0.15, 0.2) is 0 Å². The Morgan fingerprint density at radius 2 is 1.33 bits per heavy atom. The normalized spacial score (nSPS) is 12.0. The first kappa shape index (κ1) is 21.0. The number of allylic oxidation sites excluding steroid dienone is 1. The summed E-state index contributed by atoms with van der Waals surface area (Å²) in [6.07, 6.45) is -4.56. The molecule has 0 saturated heterocycles. The molecule has 3 aromatic rings. The Kier molecular flexibility index (Phi) is 6.78. The second-order valence-corrected chi connectivity index (χ2v) is 6.31. The minimum atomic E-state index is -4.56. The highest BCUT2D eigenvalue weighted by Gasteiger charge is 2.38. The molecule has 0 heterocycles. The molecule has 0 aromatic heterocycles. The second kappa shape index (κ2) is 9.67. The summed E-state index contributed by atoms with van der Waals surface area (Å²) in [6, 6.07) is 22.7. The summed E-state index contributed by atoms with van der Waals surface area (Å²) < 4.78 is 48.1. The van der Waals surface area contributed by atoms with Gasteiger partial charge >= 0.3 is 6.18 Å². The summed E-state index contributed by atoms with van der Waals surface area (Å²) in [7, 11) is 0. The fourth-order valence-corrected chi connectivity index (χ4v) is 3.08. The first-order valence-electron chi connectivity index (χ1n) is 9.17. The van der Waals surface area contributed by atoms with Crippen molar-refractivity contribution >= 4 is 11.1 Å². The van der Waals surface area contributed by atoms with Crippen molar-refractivity contribution in [3.05, 3.63) is 112 Å². The van der Waals surface area contributed by atoms with Crippen molar-refractivity contribution in [3.8, 4) is 5.75 Å². The number of hydrogen-bond donors (Lipinski definition) is 0. The van der Waals surface area contributed by atoms with Crippen molar-refractivity contribution in [1.29, 1.82) is 0 Å². The van der Waals surface area contributed by atoms with Crippen molar-refractivity contribution < 1.29 is 17.9 Å². The first-order chi connectivity index (χ1) is 14.5. The maximum absolute atomic E-state index is 14.2. The zero-order valence-corrected chi connectivity index (χ0v) is 15.9. The van der Waals surface area contributed by atoms with Crippen LogP contribution in [0.15, 0.2) is 90.0 Å². The summed E-state index contributed by atoms with van der Waals surface area (Å²) in [6.45, 7) is 0.349. The standard InChI is InChI=1S/C23H18F3N3O/c24-23(25,26)22(19-9-5-2-6-10-19)21(17-7-3-1-4-8-17)18-11-13-20(14-12-18)30-16-15-28-29-27/h1-14H,15-16H2/b22-21+. The minimum absolute atomic E-state index is 0.0925. The van der Waals surface area contributed by atoms with E-state index in [0.717, 1.165) is 0 Å². The van der Waals surface area contributed by atoms with Gasteiger partial charge in [-0.2, -0.15) is 13.2 Å². The lowest BCUT2D eigenvalue weighted by Gasteiger charge is -2.20. The van der Waals surface area contributed by atoms with Crippen molar-refractivity contribution in [1.82, 2.24) is 0 Å². The molecule has 0 saturated carbocycles. The second-order valence-electron chi connectivity index (χ2n) is 6.31. The van der Waals surface area contributed by atoms with Crippen LogP contribution in [0.5, 0.6) is 5.75 Å². The van der Waals surface area contributed by atoms with E-state index in [4.69, 9.17) is 10.3 Å². The van der Waals surface area contributed by atoms with Crippen LogP contribution in [-0.2, 0) is 0 Å². The Labute approximate surface area is 171 Å². The molecule has 4 nitrogen and oxygen atoms in total. The van der Waals surface area contributed by atoms with Crippen LogP contribution in [0.1, 0.15) is 16.7 Å². The van der Waals surface area contributed by atoms with Crippen LogP contribution in [0.3, 0.4) is 0 Å². The number of rotatable bonds is 7. The van der Waals surface area contributed by atoms with Gasteiger partial charge < -0.3 is 4.74 Å². The SMILES string of the molecule is [N-]=[N+]=NCCOc1ccc(/C(=C(\c2ccccc2)C(F)(F)F)c2ccccc2)cc1. The molecule has 0 aliphatic heterocycles. The summed E-state index contributed by atoms with van der Waals surface area (Å²) in [5.74, 6) is 0.479. The highest BCUT2D eigenvalue weighted by Crippen LogP contribution is 2.42. The number of azide groups is 1. The number of halogens is 3. The van der Waals surface area contributed by atoms with Gasteiger partial charge in [0.2, 0.25) is 0 Å². The smallest absolute Gasteiger partial charge is 0.417 e. The topological polar surface area (TPSA) is 58.0 Å². The highest BCUT2D eigenvalue weighted by molar-refractivity contribution is 6.00. The molecule has 0 aliphatic carbocycles. The molecule has 0 amide bonds. The van der Waals surface area contributed by atoms with E-state index in [1.165, 1.54) is 12.1 Å². The molecular weight excluding hydrogens is 391 g/mol. The lowest BCUT2D eigenvalue weighted by Crippen LogP contribution is -2.14. The number of hydrogen-bond acceptors (Lipinski definition) is 2. The Hall–Kier alpha value is -3.70. The summed E-state index contributed by atoms with van der Waals surface area (Å²) >= 11 is 0. The quantitative estimate of drug-likeness (QED) is 0.138. The molecule has 3 rings (SSSR count). The fraction of sp³-hybridized carbons (Fsp3) is 0.130. The average Bonchev–Trinajstić information content (AvgIpc) is 2.76. The van der Waals surface area contributed by atoms with E-state index in [2.05, 4.69) is 10.0 Å². The van der Waals surface area contributed by atoms with Gasteiger partial charge in [-0.1, -0.05) is 77.9 Å². The van der Waals surface area contributed by atoms with E-state index >= 15 is 0 Å². The maximum atomic E-state index is 14.2. The van der Waals surface area contributed by atoms with Crippen molar-refractivity contribution in [2.75, 3.05) is 13.2 Å². The summed E-state index contributed by atoms with van der Waals surface area (Å²) in [4.78, 5) is 2.64. The lowest BCUT2D eigenvalue weighted by molar-refractivity contribution is -0.0685. The van der Waals surface area contributed by atoms with Crippen LogP contribution >= 0.6 is 0 Å². The molecule has 0 radical (unpaired) electrons. The molecule has 0 fully saturated rings. The monoisotopic (exact) mass is 409 g/mol. The molecule has 3 aromatic carbocycles. The third-order valence-electron chi connectivity index (χ3n) is 4.32. The molecule has 30 heavy (non-hydrogen) atoms. The zero-order chi connectivity index (χ0) is 21.4. The maximum Gasteiger partial charge on any atom is 0.417 e. The Bertz CT molecular complexity index is 1040. The largest absolute Gasteiger partial charge is 0.493 e.